The second-order valence-electron chi connectivity index (χ2n) is 4.75. The molecule has 0 radical (unpaired) electrons. The summed E-state index contributed by atoms with van der Waals surface area (Å²) >= 11 is 0. The Balaban J connectivity index is 1.81. The van der Waals surface area contributed by atoms with Crippen LogP contribution in [-0.4, -0.2) is 15.7 Å². The number of fused-ring (bicyclic) bond motifs is 1. The number of carbonyl (C=O) groups excluding carboxylic acids is 1. The summed E-state index contributed by atoms with van der Waals surface area (Å²) in [6, 6.07) is 12.4. The fourth-order valence-corrected chi connectivity index (χ4v) is 2.11. The van der Waals surface area contributed by atoms with Gasteiger partial charge in [0.05, 0.1) is 11.6 Å². The van der Waals surface area contributed by atoms with E-state index >= 15 is 0 Å². The van der Waals surface area contributed by atoms with E-state index in [9.17, 15) is 14.0 Å². The summed E-state index contributed by atoms with van der Waals surface area (Å²) in [4.78, 5) is 24.2. The molecule has 0 aliphatic carbocycles. The predicted octanol–water partition coefficient (Wildman–Crippen LogP) is 2.17. The monoisotopic (exact) mass is 297 g/mol. The van der Waals surface area contributed by atoms with Crippen LogP contribution in [0.25, 0.3) is 10.8 Å². The molecule has 0 atom stereocenters. The van der Waals surface area contributed by atoms with Gasteiger partial charge < -0.3 is 5.32 Å². The maximum Gasteiger partial charge on any atom is 0.275 e. The minimum absolute atomic E-state index is 0.207. The Labute approximate surface area is 125 Å². The van der Waals surface area contributed by atoms with Crippen LogP contribution in [0.4, 0.5) is 10.1 Å². The zero-order valence-corrected chi connectivity index (χ0v) is 11.5. The number of nitrogens with zero attached hydrogens (tertiary/aromatic N) is 2. The molecule has 2 aromatic carbocycles. The second kappa shape index (κ2) is 5.77. The molecule has 0 saturated carbocycles. The van der Waals surface area contributed by atoms with E-state index in [1.807, 2.05) is 6.07 Å². The van der Waals surface area contributed by atoms with Crippen molar-refractivity contribution in [2.45, 2.75) is 6.54 Å². The van der Waals surface area contributed by atoms with Gasteiger partial charge >= 0.3 is 0 Å². The average molecular weight is 297 g/mol. The van der Waals surface area contributed by atoms with Crippen molar-refractivity contribution in [1.29, 1.82) is 0 Å². The summed E-state index contributed by atoms with van der Waals surface area (Å²) in [6.07, 6.45) is 1.54. The van der Waals surface area contributed by atoms with Gasteiger partial charge in [-0.25, -0.2) is 9.07 Å². The van der Waals surface area contributed by atoms with Crippen LogP contribution in [0.1, 0.15) is 0 Å². The van der Waals surface area contributed by atoms with E-state index in [4.69, 9.17) is 0 Å². The number of aromatic nitrogens is 2. The van der Waals surface area contributed by atoms with Crippen LogP contribution in [0.5, 0.6) is 0 Å². The molecule has 1 N–H and O–H groups in total. The smallest absolute Gasteiger partial charge is 0.275 e. The molecule has 0 saturated heterocycles. The standard InChI is InChI=1S/C16H12FN3O2/c17-12-5-7-13(8-6-12)19-15(21)10-20-16(22)14-4-2-1-3-11(14)9-18-20/h1-9H,10H2,(H,19,21). The third-order valence-electron chi connectivity index (χ3n) is 3.18. The quantitative estimate of drug-likeness (QED) is 0.806. The van der Waals surface area contributed by atoms with Crippen LogP contribution in [0.3, 0.4) is 0 Å². The number of anilines is 1. The molecule has 6 heteroatoms. The lowest BCUT2D eigenvalue weighted by atomic mass is 10.2. The number of carbonyl (C=O) groups is 1. The molecular formula is C16H12FN3O2. The fraction of sp³-hybridized carbons (Fsp3) is 0.0625. The first kappa shape index (κ1) is 13.9. The Morgan fingerprint density at radius 2 is 1.86 bits per heavy atom. The summed E-state index contributed by atoms with van der Waals surface area (Å²) in [5.41, 5.74) is 0.132. The minimum atomic E-state index is -0.406. The van der Waals surface area contributed by atoms with E-state index in [-0.39, 0.29) is 17.9 Å². The molecule has 0 aliphatic heterocycles. The van der Waals surface area contributed by atoms with E-state index in [2.05, 4.69) is 10.4 Å². The van der Waals surface area contributed by atoms with Gasteiger partial charge in [-0.15, -0.1) is 0 Å². The number of halogens is 1. The lowest BCUT2D eigenvalue weighted by Gasteiger charge is -2.07. The van der Waals surface area contributed by atoms with Gasteiger partial charge in [0.25, 0.3) is 5.56 Å². The zero-order valence-electron chi connectivity index (χ0n) is 11.5. The maximum absolute atomic E-state index is 12.8. The van der Waals surface area contributed by atoms with Crippen molar-refractivity contribution in [3.05, 3.63) is 70.9 Å². The summed E-state index contributed by atoms with van der Waals surface area (Å²) in [7, 11) is 0. The van der Waals surface area contributed by atoms with Crippen LogP contribution in [0, 0.1) is 5.82 Å². The number of nitrogens with one attached hydrogen (secondary N) is 1. The molecule has 3 rings (SSSR count). The van der Waals surface area contributed by atoms with Gasteiger partial charge in [-0.3, -0.25) is 9.59 Å². The largest absolute Gasteiger partial charge is 0.324 e. The van der Waals surface area contributed by atoms with Crippen LogP contribution in [-0.2, 0) is 11.3 Å². The van der Waals surface area contributed by atoms with Crippen molar-refractivity contribution in [2.24, 2.45) is 0 Å². The van der Waals surface area contributed by atoms with E-state index in [0.717, 1.165) is 10.1 Å². The predicted molar refractivity (Wildman–Crippen MR) is 81.0 cm³/mol. The molecule has 0 fully saturated rings. The van der Waals surface area contributed by atoms with E-state index in [1.54, 1.807) is 24.4 Å². The minimum Gasteiger partial charge on any atom is -0.324 e. The molecule has 3 aromatic rings. The summed E-state index contributed by atoms with van der Waals surface area (Å²) < 4.78 is 13.9. The SMILES string of the molecule is O=C(Cn1ncc2ccccc2c1=O)Nc1ccc(F)cc1. The normalized spacial score (nSPS) is 10.6. The lowest BCUT2D eigenvalue weighted by molar-refractivity contribution is -0.117. The molecule has 0 bridgehead atoms. The third kappa shape index (κ3) is 2.85. The van der Waals surface area contributed by atoms with Gasteiger partial charge in [0.2, 0.25) is 5.91 Å². The molecular weight excluding hydrogens is 285 g/mol. The van der Waals surface area contributed by atoms with Gasteiger partial charge in [0.15, 0.2) is 0 Å². The molecule has 5 nitrogen and oxygen atoms in total. The van der Waals surface area contributed by atoms with Gasteiger partial charge in [0, 0.05) is 11.1 Å². The molecule has 1 amide bonds. The average Bonchev–Trinajstić information content (AvgIpc) is 2.53. The summed E-state index contributed by atoms with van der Waals surface area (Å²) in [6.45, 7) is -0.207. The molecule has 22 heavy (non-hydrogen) atoms. The van der Waals surface area contributed by atoms with Crippen LogP contribution in [0.2, 0.25) is 0 Å². The van der Waals surface area contributed by atoms with Gasteiger partial charge in [0.1, 0.15) is 12.4 Å². The van der Waals surface area contributed by atoms with Crippen LogP contribution in [0.15, 0.2) is 59.5 Å². The maximum atomic E-state index is 12.8. The van der Waals surface area contributed by atoms with Gasteiger partial charge in [-0.05, 0) is 30.3 Å². The van der Waals surface area contributed by atoms with Gasteiger partial charge in [-0.2, -0.15) is 5.10 Å². The molecule has 0 unspecified atom stereocenters. The highest BCUT2D eigenvalue weighted by atomic mass is 19.1. The van der Waals surface area contributed by atoms with Crippen molar-refractivity contribution in [3.8, 4) is 0 Å². The third-order valence-corrected chi connectivity index (χ3v) is 3.18. The van der Waals surface area contributed by atoms with Crippen molar-refractivity contribution in [1.82, 2.24) is 9.78 Å². The molecule has 0 spiro atoms. The van der Waals surface area contributed by atoms with Crippen molar-refractivity contribution < 1.29 is 9.18 Å². The van der Waals surface area contributed by atoms with E-state index in [1.165, 1.54) is 24.3 Å². The second-order valence-corrected chi connectivity index (χ2v) is 4.75. The number of hydrogen-bond acceptors (Lipinski definition) is 3. The number of amides is 1. The van der Waals surface area contributed by atoms with E-state index in [0.29, 0.717) is 11.1 Å². The van der Waals surface area contributed by atoms with Crippen LogP contribution < -0.4 is 10.9 Å². The highest BCUT2D eigenvalue weighted by molar-refractivity contribution is 5.90. The fourth-order valence-electron chi connectivity index (χ4n) is 2.11. The lowest BCUT2D eigenvalue weighted by Crippen LogP contribution is -2.29. The topological polar surface area (TPSA) is 64.0 Å². The molecule has 1 heterocycles. The number of benzene rings is 2. The van der Waals surface area contributed by atoms with Crippen molar-refractivity contribution >= 4 is 22.4 Å². The number of hydrogen-bond donors (Lipinski definition) is 1. The molecule has 1 aromatic heterocycles. The Morgan fingerprint density at radius 3 is 2.64 bits per heavy atom. The molecule has 0 aliphatic rings. The highest BCUT2D eigenvalue weighted by Gasteiger charge is 2.08. The van der Waals surface area contributed by atoms with Crippen LogP contribution >= 0.6 is 0 Å². The number of rotatable bonds is 3. The Morgan fingerprint density at radius 1 is 1.14 bits per heavy atom. The Kier molecular flexibility index (Phi) is 3.65. The highest BCUT2D eigenvalue weighted by Crippen LogP contribution is 2.09. The van der Waals surface area contributed by atoms with Crippen molar-refractivity contribution in [3.63, 3.8) is 0 Å². The van der Waals surface area contributed by atoms with Crippen molar-refractivity contribution in [2.75, 3.05) is 5.32 Å². The van der Waals surface area contributed by atoms with E-state index < -0.39 is 5.91 Å². The first-order valence-corrected chi connectivity index (χ1v) is 6.64. The Bertz CT molecular complexity index is 888. The summed E-state index contributed by atoms with van der Waals surface area (Å²) in [5, 5.41) is 7.80. The van der Waals surface area contributed by atoms with Gasteiger partial charge in [-0.1, -0.05) is 18.2 Å². The first-order valence-electron chi connectivity index (χ1n) is 6.64. The summed E-state index contributed by atoms with van der Waals surface area (Å²) in [5.74, 6) is -0.790. The molecule has 110 valence electrons. The zero-order chi connectivity index (χ0) is 15.5. The Hall–Kier alpha value is -3.02. The first-order chi connectivity index (χ1) is 10.6.